The Kier molecular flexibility index (Phi) is 7.92. The minimum atomic E-state index is -0.676. The van der Waals surface area contributed by atoms with Crippen LogP contribution in [0.3, 0.4) is 0 Å². The smallest absolute Gasteiger partial charge is 0.309 e. The van der Waals surface area contributed by atoms with Crippen LogP contribution >= 0.6 is 11.6 Å². The van der Waals surface area contributed by atoms with Crippen LogP contribution in [0.15, 0.2) is 47.2 Å². The molecule has 118 valence electrons. The largest absolute Gasteiger partial charge is 0.347 e. The second-order valence-corrected chi connectivity index (χ2v) is 5.05. The van der Waals surface area contributed by atoms with Gasteiger partial charge in [0.25, 0.3) is 0 Å². The van der Waals surface area contributed by atoms with E-state index in [4.69, 9.17) is 11.6 Å². The molecule has 0 radical (unpaired) electrons. The molecule has 0 aliphatic rings. The van der Waals surface area contributed by atoms with E-state index >= 15 is 0 Å². The summed E-state index contributed by atoms with van der Waals surface area (Å²) in [6.45, 7) is 4.23. The number of aromatic nitrogens is 1. The van der Waals surface area contributed by atoms with Crippen molar-refractivity contribution in [2.75, 3.05) is 13.1 Å². The van der Waals surface area contributed by atoms with Gasteiger partial charge in [-0.1, -0.05) is 23.7 Å². The van der Waals surface area contributed by atoms with Gasteiger partial charge in [-0.05, 0) is 37.6 Å². The molecule has 0 bridgehead atoms. The van der Waals surface area contributed by atoms with Crippen LogP contribution in [0.5, 0.6) is 0 Å². The van der Waals surface area contributed by atoms with Crippen molar-refractivity contribution in [3.05, 3.63) is 52.8 Å². The Morgan fingerprint density at radius 2 is 2.00 bits per heavy atom. The number of carbonyl (C=O) groups is 2. The van der Waals surface area contributed by atoms with Crippen molar-refractivity contribution in [3.63, 3.8) is 0 Å². The predicted molar refractivity (Wildman–Crippen MR) is 87.3 cm³/mol. The van der Waals surface area contributed by atoms with Crippen LogP contribution in [-0.2, 0) is 16.0 Å². The van der Waals surface area contributed by atoms with Crippen LogP contribution in [0.4, 0.5) is 0 Å². The molecule has 5 nitrogen and oxygen atoms in total. The Labute approximate surface area is 135 Å². The Balaban J connectivity index is 2.33. The van der Waals surface area contributed by atoms with Crippen molar-refractivity contribution in [2.24, 2.45) is 0 Å². The Hall–Kier alpha value is -2.14. The number of rotatable bonds is 6. The Morgan fingerprint density at radius 1 is 1.27 bits per heavy atom. The lowest BCUT2D eigenvalue weighted by Gasteiger charge is -2.07. The predicted octanol–water partition coefficient (Wildman–Crippen LogP) is 1.95. The summed E-state index contributed by atoms with van der Waals surface area (Å²) in [5, 5.41) is 5.64. The second-order valence-electron chi connectivity index (χ2n) is 4.64. The number of amides is 2. The lowest BCUT2D eigenvalue weighted by Crippen LogP contribution is -2.41. The van der Waals surface area contributed by atoms with E-state index in [2.05, 4.69) is 15.6 Å². The molecule has 0 saturated heterocycles. The zero-order valence-corrected chi connectivity index (χ0v) is 13.5. The molecule has 1 aromatic heterocycles. The number of hydrogen-bond acceptors (Lipinski definition) is 3. The third-order valence-corrected chi connectivity index (χ3v) is 3.28. The van der Waals surface area contributed by atoms with Gasteiger partial charge in [-0.2, -0.15) is 0 Å². The third kappa shape index (κ3) is 6.54. The fourth-order valence-electron chi connectivity index (χ4n) is 1.60. The number of allylic oxidation sites excluding steroid dienone is 3. The molecule has 0 fully saturated rings. The number of carbonyl (C=O) groups excluding carboxylic acids is 2. The molecule has 2 N–H and O–H groups in total. The number of hydrogen-bond donors (Lipinski definition) is 2. The number of halogens is 1. The van der Waals surface area contributed by atoms with Gasteiger partial charge < -0.3 is 10.6 Å². The molecule has 2 amide bonds. The lowest BCUT2D eigenvalue weighted by molar-refractivity contribution is -0.139. The summed E-state index contributed by atoms with van der Waals surface area (Å²) in [4.78, 5) is 27.4. The molecule has 6 heteroatoms. The van der Waals surface area contributed by atoms with Crippen LogP contribution in [0.1, 0.15) is 19.5 Å². The number of nitrogens with zero attached hydrogens (tertiary/aromatic N) is 1. The van der Waals surface area contributed by atoms with Crippen molar-refractivity contribution in [1.29, 1.82) is 0 Å². The zero-order valence-electron chi connectivity index (χ0n) is 12.7. The van der Waals surface area contributed by atoms with E-state index in [1.165, 1.54) is 0 Å². The van der Waals surface area contributed by atoms with Crippen molar-refractivity contribution >= 4 is 23.4 Å². The van der Waals surface area contributed by atoms with Crippen LogP contribution in [-0.4, -0.2) is 29.9 Å². The summed E-state index contributed by atoms with van der Waals surface area (Å²) < 4.78 is 0. The van der Waals surface area contributed by atoms with Crippen LogP contribution in [0.25, 0.3) is 0 Å². The second kappa shape index (κ2) is 9.73. The van der Waals surface area contributed by atoms with Gasteiger partial charge in [0.2, 0.25) is 0 Å². The van der Waals surface area contributed by atoms with Gasteiger partial charge in [0.15, 0.2) is 0 Å². The molecule has 0 atom stereocenters. The SMILES string of the molecule is C/C=C\C(Cl)=C(/C)CNC(=O)C(=O)NCCc1ccccn1. The molecule has 0 saturated carbocycles. The standard InChI is InChI=1S/C16H20ClN3O2/c1-3-6-14(17)12(2)11-20-16(22)15(21)19-10-8-13-7-4-5-9-18-13/h3-7,9H,8,10-11H2,1-2H3,(H,19,21)(H,20,22)/b6-3-,14-12-. The molecule has 22 heavy (non-hydrogen) atoms. The van der Waals surface area contributed by atoms with E-state index < -0.39 is 11.8 Å². The van der Waals surface area contributed by atoms with Crippen LogP contribution in [0.2, 0.25) is 0 Å². The van der Waals surface area contributed by atoms with E-state index in [1.807, 2.05) is 25.1 Å². The molecular weight excluding hydrogens is 302 g/mol. The van der Waals surface area contributed by atoms with Gasteiger partial charge in [-0.25, -0.2) is 0 Å². The summed E-state index contributed by atoms with van der Waals surface area (Å²) >= 11 is 5.98. The first-order valence-electron chi connectivity index (χ1n) is 6.98. The van der Waals surface area contributed by atoms with Gasteiger partial charge in [0, 0.05) is 36.4 Å². The van der Waals surface area contributed by atoms with E-state index in [-0.39, 0.29) is 6.54 Å². The maximum absolute atomic E-state index is 11.6. The van der Waals surface area contributed by atoms with Crippen LogP contribution in [0, 0.1) is 0 Å². The van der Waals surface area contributed by atoms with Gasteiger partial charge in [-0.3, -0.25) is 14.6 Å². The maximum Gasteiger partial charge on any atom is 0.309 e. The van der Waals surface area contributed by atoms with Gasteiger partial charge in [0.05, 0.1) is 0 Å². The average molecular weight is 322 g/mol. The van der Waals surface area contributed by atoms with Crippen molar-refractivity contribution in [1.82, 2.24) is 15.6 Å². The molecule has 0 aromatic carbocycles. The molecule has 1 rings (SSSR count). The highest BCUT2D eigenvalue weighted by Gasteiger charge is 2.12. The monoisotopic (exact) mass is 321 g/mol. The zero-order chi connectivity index (χ0) is 16.4. The summed E-state index contributed by atoms with van der Waals surface area (Å²) in [5.74, 6) is -1.34. The highest BCUT2D eigenvalue weighted by atomic mass is 35.5. The topological polar surface area (TPSA) is 71.1 Å². The van der Waals surface area contributed by atoms with Crippen LogP contribution < -0.4 is 10.6 Å². The average Bonchev–Trinajstić information content (AvgIpc) is 2.53. The molecule has 1 aromatic rings. The maximum atomic E-state index is 11.6. The minimum absolute atomic E-state index is 0.232. The van der Waals surface area contributed by atoms with Crippen molar-refractivity contribution < 1.29 is 9.59 Å². The van der Waals surface area contributed by atoms with E-state index in [1.54, 1.807) is 25.3 Å². The quantitative estimate of drug-likeness (QED) is 0.621. The Bertz CT molecular complexity index is 568. The summed E-state index contributed by atoms with van der Waals surface area (Å²) in [6, 6.07) is 5.56. The lowest BCUT2D eigenvalue weighted by atomic mass is 10.2. The van der Waals surface area contributed by atoms with Gasteiger partial charge in [0.1, 0.15) is 0 Å². The normalized spacial score (nSPS) is 12.0. The summed E-state index contributed by atoms with van der Waals surface area (Å²) in [6.07, 6.45) is 5.80. The van der Waals surface area contributed by atoms with Crippen molar-refractivity contribution in [3.8, 4) is 0 Å². The molecule has 0 aliphatic heterocycles. The first-order valence-corrected chi connectivity index (χ1v) is 7.36. The highest BCUT2D eigenvalue weighted by Crippen LogP contribution is 2.09. The fourth-order valence-corrected chi connectivity index (χ4v) is 1.79. The molecule has 0 unspecified atom stereocenters. The summed E-state index contributed by atoms with van der Waals surface area (Å²) in [5.41, 5.74) is 1.65. The molecular formula is C16H20ClN3O2. The van der Waals surface area contributed by atoms with Crippen molar-refractivity contribution in [2.45, 2.75) is 20.3 Å². The first-order chi connectivity index (χ1) is 10.5. The highest BCUT2D eigenvalue weighted by molar-refractivity contribution is 6.35. The van der Waals surface area contributed by atoms with E-state index in [0.29, 0.717) is 18.0 Å². The minimum Gasteiger partial charge on any atom is -0.347 e. The van der Waals surface area contributed by atoms with E-state index in [9.17, 15) is 9.59 Å². The Morgan fingerprint density at radius 3 is 2.64 bits per heavy atom. The number of pyridine rings is 1. The van der Waals surface area contributed by atoms with Gasteiger partial charge >= 0.3 is 11.8 Å². The molecule has 0 aliphatic carbocycles. The molecule has 0 spiro atoms. The molecule has 1 heterocycles. The van der Waals surface area contributed by atoms with E-state index in [0.717, 1.165) is 11.3 Å². The fraction of sp³-hybridized carbons (Fsp3) is 0.312. The third-order valence-electron chi connectivity index (χ3n) is 2.83. The first kappa shape index (κ1) is 17.9. The summed E-state index contributed by atoms with van der Waals surface area (Å²) in [7, 11) is 0. The number of nitrogens with one attached hydrogen (secondary N) is 2. The van der Waals surface area contributed by atoms with Gasteiger partial charge in [-0.15, -0.1) is 0 Å².